The molecule has 0 aromatic carbocycles. The minimum Gasteiger partial charge on any atom is -0.331 e. The third kappa shape index (κ3) is 3.52. The van der Waals surface area contributed by atoms with Crippen LogP contribution in [0.2, 0.25) is 0 Å². The summed E-state index contributed by atoms with van der Waals surface area (Å²) in [5.41, 5.74) is 4.44. The summed E-state index contributed by atoms with van der Waals surface area (Å²) in [5.74, 6) is 0. The molecule has 6 heteroatoms. The molecule has 0 fully saturated rings. The Bertz CT molecular complexity index is 113. The van der Waals surface area contributed by atoms with Crippen LogP contribution in [-0.4, -0.2) is 13.2 Å². The summed E-state index contributed by atoms with van der Waals surface area (Å²) in [5, 5.41) is 0. The second-order valence-electron chi connectivity index (χ2n) is 0.817. The Morgan fingerprint density at radius 3 is 2.38 bits per heavy atom. The monoisotopic (exact) mass is 138 g/mol. The van der Waals surface area contributed by atoms with Crippen LogP contribution in [0.3, 0.4) is 0 Å². The number of rotatable bonds is 2. The maximum absolute atomic E-state index is 10.0. The van der Waals surface area contributed by atoms with Crippen LogP contribution in [-0.2, 0) is 13.6 Å². The van der Waals surface area contributed by atoms with Crippen LogP contribution < -0.4 is 5.73 Å². The predicted octanol–water partition coefficient (Wildman–Crippen LogP) is 0.386. The summed E-state index contributed by atoms with van der Waals surface area (Å²) in [6.45, 7) is 0. The largest absolute Gasteiger partial charge is 0.754 e. The third-order valence-corrected chi connectivity index (χ3v) is 0.941. The van der Waals surface area contributed by atoms with Crippen LogP contribution in [0.15, 0.2) is 0 Å². The maximum atomic E-state index is 10.0. The van der Waals surface area contributed by atoms with Gasteiger partial charge in [-0.3, -0.25) is 0 Å². The van der Waals surface area contributed by atoms with Gasteiger partial charge in [0.15, 0.2) is 0 Å². The van der Waals surface area contributed by atoms with Gasteiger partial charge in [-0.15, -0.1) is 4.52 Å². The molecule has 0 aromatic rings. The average Bonchev–Trinajstić information content (AvgIpc) is 1.65. The third-order valence-electron chi connectivity index (χ3n) is 0.314. The molecule has 1 unspecified atom stereocenters. The van der Waals surface area contributed by atoms with Crippen molar-refractivity contribution in [3.8, 4) is 0 Å². The van der Waals surface area contributed by atoms with E-state index in [1.807, 2.05) is 0 Å². The van der Waals surface area contributed by atoms with E-state index >= 15 is 0 Å². The Hall–Kier alpha value is -0.670. The van der Waals surface area contributed by atoms with Crippen molar-refractivity contribution < 1.29 is 18.4 Å². The first-order chi connectivity index (χ1) is 3.66. The maximum Gasteiger partial charge on any atom is 0.754 e. The standard InChI is InChI=1S/C2H4NO4P/c1-6-8(5)7-2(3)4/h1H3,(H-,3,4)/p+1. The Morgan fingerprint density at radius 1 is 1.75 bits per heavy atom. The average molecular weight is 138 g/mol. The zero-order valence-electron chi connectivity index (χ0n) is 4.16. The Kier molecular flexibility index (Phi) is 3.07. The van der Waals surface area contributed by atoms with Crippen molar-refractivity contribution in [1.29, 1.82) is 0 Å². The molecule has 8 heavy (non-hydrogen) atoms. The summed E-state index contributed by atoms with van der Waals surface area (Å²) in [4.78, 5) is 9.70. The lowest BCUT2D eigenvalue weighted by Gasteiger charge is -1.76. The lowest BCUT2D eigenvalue weighted by Crippen LogP contribution is -2.08. The van der Waals surface area contributed by atoms with Crippen LogP contribution in [0.25, 0.3) is 0 Å². The summed E-state index contributed by atoms with van der Waals surface area (Å²) in [6, 6.07) is 0. The number of carbonyl (C=O) groups is 1. The van der Waals surface area contributed by atoms with Gasteiger partial charge in [0, 0.05) is 4.57 Å². The van der Waals surface area contributed by atoms with Gasteiger partial charge in [-0.1, -0.05) is 0 Å². The molecule has 1 amide bonds. The van der Waals surface area contributed by atoms with Crippen LogP contribution in [0.1, 0.15) is 0 Å². The molecule has 0 spiro atoms. The van der Waals surface area contributed by atoms with Crippen LogP contribution >= 0.6 is 8.25 Å². The zero-order valence-corrected chi connectivity index (χ0v) is 5.05. The Balaban J connectivity index is 3.40. The molecular formula is C2H5NO4P+. The van der Waals surface area contributed by atoms with E-state index in [9.17, 15) is 9.36 Å². The quantitative estimate of drug-likeness (QED) is 0.559. The molecule has 0 aliphatic carbocycles. The van der Waals surface area contributed by atoms with Crippen molar-refractivity contribution in [1.82, 2.24) is 0 Å². The van der Waals surface area contributed by atoms with Crippen molar-refractivity contribution in [3.63, 3.8) is 0 Å². The van der Waals surface area contributed by atoms with Gasteiger partial charge in [-0.05, 0) is 0 Å². The van der Waals surface area contributed by atoms with E-state index in [1.165, 1.54) is 0 Å². The first kappa shape index (κ1) is 7.33. The SMILES string of the molecule is CO[P+](=O)OC(N)=O. The summed E-state index contributed by atoms with van der Waals surface area (Å²) < 4.78 is 17.9. The van der Waals surface area contributed by atoms with E-state index in [-0.39, 0.29) is 0 Å². The van der Waals surface area contributed by atoms with Gasteiger partial charge in [-0.25, -0.2) is 4.79 Å². The molecule has 5 nitrogen and oxygen atoms in total. The first-order valence-electron chi connectivity index (χ1n) is 1.65. The highest BCUT2D eigenvalue weighted by Gasteiger charge is 2.20. The highest BCUT2D eigenvalue weighted by Crippen LogP contribution is 2.20. The van der Waals surface area contributed by atoms with Gasteiger partial charge in [-0.2, -0.15) is 4.52 Å². The summed E-state index contributed by atoms with van der Waals surface area (Å²) in [7, 11) is -1.20. The Morgan fingerprint density at radius 2 is 2.25 bits per heavy atom. The van der Waals surface area contributed by atoms with Gasteiger partial charge in [0.05, 0.1) is 7.11 Å². The first-order valence-corrected chi connectivity index (χ1v) is 2.75. The summed E-state index contributed by atoms with van der Waals surface area (Å²) in [6.07, 6.45) is -1.10. The van der Waals surface area contributed by atoms with E-state index in [0.29, 0.717) is 0 Å². The highest BCUT2D eigenvalue weighted by molar-refractivity contribution is 7.33. The van der Waals surface area contributed by atoms with Crippen molar-refractivity contribution >= 4 is 14.3 Å². The van der Waals surface area contributed by atoms with E-state index in [0.717, 1.165) is 7.11 Å². The summed E-state index contributed by atoms with van der Waals surface area (Å²) >= 11 is 0. The number of hydrogen-bond acceptors (Lipinski definition) is 4. The van der Waals surface area contributed by atoms with Crippen molar-refractivity contribution in [2.45, 2.75) is 0 Å². The van der Waals surface area contributed by atoms with E-state index < -0.39 is 14.3 Å². The minimum absolute atomic E-state index is 1.10. The second-order valence-corrected chi connectivity index (χ2v) is 1.81. The molecule has 0 aromatic heterocycles. The number of nitrogens with two attached hydrogens (primary N) is 1. The van der Waals surface area contributed by atoms with Crippen LogP contribution in [0.5, 0.6) is 0 Å². The topological polar surface area (TPSA) is 78.6 Å². The van der Waals surface area contributed by atoms with Crippen molar-refractivity contribution in [2.24, 2.45) is 5.73 Å². The molecule has 0 saturated carbocycles. The van der Waals surface area contributed by atoms with E-state index in [1.54, 1.807) is 0 Å². The number of hydrogen-bond donors (Lipinski definition) is 1. The van der Waals surface area contributed by atoms with Gasteiger partial charge in [0.25, 0.3) is 0 Å². The van der Waals surface area contributed by atoms with Gasteiger partial charge >= 0.3 is 14.3 Å². The number of carbonyl (C=O) groups excluding carboxylic acids is 1. The van der Waals surface area contributed by atoms with Crippen LogP contribution in [0.4, 0.5) is 4.79 Å². The van der Waals surface area contributed by atoms with Gasteiger partial charge in [0.1, 0.15) is 0 Å². The fourth-order valence-corrected chi connectivity index (χ4v) is 0.332. The Labute approximate surface area is 46.7 Å². The molecule has 2 N–H and O–H groups in total. The smallest absolute Gasteiger partial charge is 0.331 e. The molecule has 0 rings (SSSR count). The molecule has 0 radical (unpaired) electrons. The van der Waals surface area contributed by atoms with E-state index in [2.05, 4.69) is 14.8 Å². The number of amides is 1. The molecule has 0 aliphatic rings. The molecule has 46 valence electrons. The predicted molar refractivity (Wildman–Crippen MR) is 25.3 cm³/mol. The fraction of sp³-hybridized carbons (Fsp3) is 0.500. The van der Waals surface area contributed by atoms with Crippen molar-refractivity contribution in [3.05, 3.63) is 0 Å². The van der Waals surface area contributed by atoms with Crippen molar-refractivity contribution in [2.75, 3.05) is 7.11 Å². The lowest BCUT2D eigenvalue weighted by atomic mass is 11.3. The van der Waals surface area contributed by atoms with Gasteiger partial charge < -0.3 is 5.73 Å². The number of primary amides is 1. The minimum atomic E-state index is -2.34. The highest BCUT2D eigenvalue weighted by atomic mass is 31.1. The van der Waals surface area contributed by atoms with Crippen LogP contribution in [0, 0.1) is 0 Å². The van der Waals surface area contributed by atoms with Gasteiger partial charge in [0.2, 0.25) is 0 Å². The second kappa shape index (κ2) is 3.35. The van der Waals surface area contributed by atoms with E-state index in [4.69, 9.17) is 0 Å². The molecular weight excluding hydrogens is 133 g/mol. The molecule has 1 atom stereocenters. The molecule has 0 saturated heterocycles. The normalized spacial score (nSPS) is 10.4. The molecule has 0 aliphatic heterocycles. The zero-order chi connectivity index (χ0) is 6.57. The lowest BCUT2D eigenvalue weighted by molar-refractivity contribution is 0.204. The fourth-order valence-electron chi connectivity index (χ4n) is 0.111. The molecule has 0 heterocycles. The molecule has 0 bridgehead atoms.